The summed E-state index contributed by atoms with van der Waals surface area (Å²) in [6, 6.07) is 8.36. The van der Waals surface area contributed by atoms with E-state index in [0.717, 1.165) is 18.7 Å². The van der Waals surface area contributed by atoms with Crippen LogP contribution < -0.4 is 10.1 Å². The van der Waals surface area contributed by atoms with Crippen LogP contribution in [0, 0.1) is 5.92 Å². The summed E-state index contributed by atoms with van der Waals surface area (Å²) in [4.78, 5) is 0. The van der Waals surface area contributed by atoms with Crippen molar-refractivity contribution in [1.82, 2.24) is 5.32 Å². The van der Waals surface area contributed by atoms with E-state index >= 15 is 0 Å². The van der Waals surface area contributed by atoms with Crippen molar-refractivity contribution in [3.63, 3.8) is 0 Å². The Morgan fingerprint density at radius 3 is 2.62 bits per heavy atom. The molecule has 1 unspecified atom stereocenters. The van der Waals surface area contributed by atoms with Gasteiger partial charge in [-0.25, -0.2) is 0 Å². The van der Waals surface area contributed by atoms with E-state index in [1.807, 2.05) is 13.1 Å². The molecule has 0 saturated carbocycles. The van der Waals surface area contributed by atoms with E-state index in [-0.39, 0.29) is 6.10 Å². The first kappa shape index (κ1) is 13.0. The Hall–Kier alpha value is -1.02. The van der Waals surface area contributed by atoms with Gasteiger partial charge in [-0.15, -0.1) is 0 Å². The van der Waals surface area contributed by atoms with E-state index in [1.165, 1.54) is 5.56 Å². The molecular formula is C14H23NO. The summed E-state index contributed by atoms with van der Waals surface area (Å²) in [5.74, 6) is 1.49. The van der Waals surface area contributed by atoms with Crippen molar-refractivity contribution in [1.29, 1.82) is 0 Å². The number of likely N-dealkylation sites (N-methyl/N-ethyl adjacent to an activating group) is 1. The van der Waals surface area contributed by atoms with Crippen LogP contribution in [0.15, 0.2) is 24.3 Å². The molecule has 1 atom stereocenters. The van der Waals surface area contributed by atoms with Gasteiger partial charge in [-0.3, -0.25) is 0 Å². The quantitative estimate of drug-likeness (QED) is 0.797. The van der Waals surface area contributed by atoms with Gasteiger partial charge in [0.25, 0.3) is 0 Å². The first-order valence-electron chi connectivity index (χ1n) is 6.07. The molecule has 0 fully saturated rings. The van der Waals surface area contributed by atoms with Gasteiger partial charge in [0.1, 0.15) is 11.9 Å². The van der Waals surface area contributed by atoms with Crippen LogP contribution in [-0.2, 0) is 6.42 Å². The Morgan fingerprint density at radius 2 is 2.06 bits per heavy atom. The summed E-state index contributed by atoms with van der Waals surface area (Å²) in [6.07, 6.45) is 1.28. The molecule has 2 nitrogen and oxygen atoms in total. The zero-order valence-electron chi connectivity index (χ0n) is 10.8. The van der Waals surface area contributed by atoms with Gasteiger partial charge in [-0.05, 0) is 37.1 Å². The molecule has 2 heteroatoms. The molecule has 0 aliphatic carbocycles. The Morgan fingerprint density at radius 1 is 1.31 bits per heavy atom. The molecule has 0 heterocycles. The van der Waals surface area contributed by atoms with Gasteiger partial charge in [0.15, 0.2) is 0 Å². The second kappa shape index (κ2) is 6.54. The van der Waals surface area contributed by atoms with Crippen LogP contribution in [0.2, 0.25) is 0 Å². The SMILES string of the molecule is CCc1cccc(OC(CNC)C(C)C)c1. The van der Waals surface area contributed by atoms with E-state index in [9.17, 15) is 0 Å². The van der Waals surface area contributed by atoms with Crippen LogP contribution in [0.3, 0.4) is 0 Å². The lowest BCUT2D eigenvalue weighted by Crippen LogP contribution is -2.33. The van der Waals surface area contributed by atoms with Crippen LogP contribution in [0.4, 0.5) is 0 Å². The molecule has 16 heavy (non-hydrogen) atoms. The Bertz CT molecular complexity index is 309. The van der Waals surface area contributed by atoms with Gasteiger partial charge in [0.2, 0.25) is 0 Å². The number of aryl methyl sites for hydroxylation is 1. The molecule has 0 spiro atoms. The molecule has 0 bridgehead atoms. The lowest BCUT2D eigenvalue weighted by Gasteiger charge is -2.22. The van der Waals surface area contributed by atoms with Crippen molar-refractivity contribution in [2.45, 2.75) is 33.3 Å². The number of nitrogens with one attached hydrogen (secondary N) is 1. The van der Waals surface area contributed by atoms with Gasteiger partial charge >= 0.3 is 0 Å². The minimum Gasteiger partial charge on any atom is -0.489 e. The third-order valence-electron chi connectivity index (χ3n) is 2.74. The fourth-order valence-electron chi connectivity index (χ4n) is 1.63. The lowest BCUT2D eigenvalue weighted by molar-refractivity contribution is 0.151. The fourth-order valence-corrected chi connectivity index (χ4v) is 1.63. The smallest absolute Gasteiger partial charge is 0.120 e. The zero-order chi connectivity index (χ0) is 12.0. The highest BCUT2D eigenvalue weighted by atomic mass is 16.5. The van der Waals surface area contributed by atoms with Gasteiger partial charge in [0.05, 0.1) is 0 Å². The molecule has 0 aliphatic rings. The van der Waals surface area contributed by atoms with Crippen LogP contribution in [0.5, 0.6) is 5.75 Å². The third kappa shape index (κ3) is 3.86. The maximum absolute atomic E-state index is 6.00. The van der Waals surface area contributed by atoms with Crippen molar-refractivity contribution in [2.75, 3.05) is 13.6 Å². The Labute approximate surface area is 99.0 Å². The summed E-state index contributed by atoms with van der Waals surface area (Å²) in [5, 5.41) is 3.17. The molecule has 0 aliphatic heterocycles. The summed E-state index contributed by atoms with van der Waals surface area (Å²) in [7, 11) is 1.96. The molecule has 90 valence electrons. The number of ether oxygens (including phenoxy) is 1. The lowest BCUT2D eigenvalue weighted by atomic mass is 10.1. The number of hydrogen-bond acceptors (Lipinski definition) is 2. The maximum Gasteiger partial charge on any atom is 0.120 e. The second-order valence-electron chi connectivity index (χ2n) is 4.46. The van der Waals surface area contributed by atoms with Crippen LogP contribution in [0.1, 0.15) is 26.3 Å². The molecule has 1 N–H and O–H groups in total. The standard InChI is InChI=1S/C14H23NO/c1-5-12-7-6-8-13(9-12)16-14(10-15-4)11(2)3/h6-9,11,14-15H,5,10H2,1-4H3. The molecule has 1 rings (SSSR count). The van der Waals surface area contributed by atoms with Gasteiger partial charge in [0, 0.05) is 6.54 Å². The summed E-state index contributed by atoms with van der Waals surface area (Å²) in [6.45, 7) is 7.41. The maximum atomic E-state index is 6.00. The predicted molar refractivity (Wildman–Crippen MR) is 69.0 cm³/mol. The first-order chi connectivity index (χ1) is 7.67. The highest BCUT2D eigenvalue weighted by Gasteiger charge is 2.14. The third-order valence-corrected chi connectivity index (χ3v) is 2.74. The zero-order valence-corrected chi connectivity index (χ0v) is 10.8. The molecule has 0 amide bonds. The van der Waals surface area contributed by atoms with Crippen molar-refractivity contribution in [2.24, 2.45) is 5.92 Å². The molecule has 0 saturated heterocycles. The fraction of sp³-hybridized carbons (Fsp3) is 0.571. The van der Waals surface area contributed by atoms with Gasteiger partial charge < -0.3 is 10.1 Å². The topological polar surface area (TPSA) is 21.3 Å². The minimum absolute atomic E-state index is 0.233. The summed E-state index contributed by atoms with van der Waals surface area (Å²) in [5.41, 5.74) is 1.32. The summed E-state index contributed by atoms with van der Waals surface area (Å²) >= 11 is 0. The first-order valence-corrected chi connectivity index (χ1v) is 6.07. The van der Waals surface area contributed by atoms with Crippen molar-refractivity contribution in [3.8, 4) is 5.75 Å². The van der Waals surface area contributed by atoms with Crippen LogP contribution in [-0.4, -0.2) is 19.7 Å². The van der Waals surface area contributed by atoms with E-state index in [4.69, 9.17) is 4.74 Å². The number of rotatable bonds is 6. The van der Waals surface area contributed by atoms with E-state index in [1.54, 1.807) is 0 Å². The van der Waals surface area contributed by atoms with Crippen molar-refractivity contribution < 1.29 is 4.74 Å². The van der Waals surface area contributed by atoms with Crippen molar-refractivity contribution >= 4 is 0 Å². The molecule has 1 aromatic rings. The van der Waals surface area contributed by atoms with Gasteiger partial charge in [-0.2, -0.15) is 0 Å². The highest BCUT2D eigenvalue weighted by molar-refractivity contribution is 5.28. The normalized spacial score (nSPS) is 12.8. The van der Waals surface area contributed by atoms with Crippen molar-refractivity contribution in [3.05, 3.63) is 29.8 Å². The molecular weight excluding hydrogens is 198 g/mol. The molecule has 0 radical (unpaired) electrons. The van der Waals surface area contributed by atoms with E-state index < -0.39 is 0 Å². The predicted octanol–water partition coefficient (Wildman–Crippen LogP) is 2.87. The average molecular weight is 221 g/mol. The average Bonchev–Trinajstić information content (AvgIpc) is 2.28. The Kier molecular flexibility index (Phi) is 5.33. The van der Waals surface area contributed by atoms with Crippen LogP contribution >= 0.6 is 0 Å². The summed E-state index contributed by atoms with van der Waals surface area (Å²) < 4.78 is 6.00. The van der Waals surface area contributed by atoms with E-state index in [2.05, 4.69) is 44.3 Å². The monoisotopic (exact) mass is 221 g/mol. The largest absolute Gasteiger partial charge is 0.489 e. The highest BCUT2D eigenvalue weighted by Crippen LogP contribution is 2.17. The number of benzene rings is 1. The molecule has 1 aromatic carbocycles. The van der Waals surface area contributed by atoms with E-state index in [0.29, 0.717) is 5.92 Å². The van der Waals surface area contributed by atoms with Gasteiger partial charge in [-0.1, -0.05) is 32.9 Å². The van der Waals surface area contributed by atoms with Crippen LogP contribution in [0.25, 0.3) is 0 Å². The minimum atomic E-state index is 0.233. The number of hydrogen-bond donors (Lipinski definition) is 1. The Balaban J connectivity index is 2.68. The second-order valence-corrected chi connectivity index (χ2v) is 4.46. The molecule has 0 aromatic heterocycles.